The number of rotatable bonds is 10. The normalized spacial score (nSPS) is 13.9. The Hall–Kier alpha value is -0.120. The lowest BCUT2D eigenvalue weighted by molar-refractivity contribution is -0.0497. The minimum Gasteiger partial charge on any atom is -0.376 e. The summed E-state index contributed by atoms with van der Waals surface area (Å²) in [5, 5.41) is 3.40. The molecule has 0 fully saturated rings. The van der Waals surface area contributed by atoms with Gasteiger partial charge in [-0.25, -0.2) is 0 Å². The van der Waals surface area contributed by atoms with Crippen LogP contribution in [0.5, 0.6) is 0 Å². The number of nitrogens with one attached hydrogen (secondary N) is 1. The first-order valence-corrected chi connectivity index (χ1v) is 6.92. The molecule has 0 aromatic carbocycles. The van der Waals surface area contributed by atoms with Gasteiger partial charge in [-0.05, 0) is 60.0 Å². The van der Waals surface area contributed by atoms with Gasteiger partial charge in [0, 0.05) is 0 Å². The van der Waals surface area contributed by atoms with Crippen LogP contribution in [0.15, 0.2) is 0 Å². The highest BCUT2D eigenvalue weighted by Gasteiger charge is 2.09. The smallest absolute Gasteiger partial charge is 0.0707 e. The van der Waals surface area contributed by atoms with Crippen LogP contribution < -0.4 is 5.32 Å². The topological polar surface area (TPSA) is 30.5 Å². The monoisotopic (exact) mass is 245 g/mol. The lowest BCUT2D eigenvalue weighted by Crippen LogP contribution is -2.23. The Kier molecular flexibility index (Phi) is 9.79. The molecule has 0 heterocycles. The molecule has 3 nitrogen and oxygen atoms in total. The van der Waals surface area contributed by atoms with E-state index in [9.17, 15) is 0 Å². The second-order valence-electron chi connectivity index (χ2n) is 5.53. The Morgan fingerprint density at radius 2 is 1.82 bits per heavy atom. The summed E-state index contributed by atoms with van der Waals surface area (Å²) >= 11 is 0. The molecule has 0 saturated heterocycles. The van der Waals surface area contributed by atoms with E-state index >= 15 is 0 Å². The van der Waals surface area contributed by atoms with Crippen LogP contribution in [-0.2, 0) is 9.47 Å². The quantitative estimate of drug-likeness (QED) is 0.600. The molecule has 0 bridgehead atoms. The minimum atomic E-state index is -0.0589. The molecular formula is C14H31NO2. The number of ether oxygens (including phenoxy) is 2. The molecule has 0 aromatic heterocycles. The summed E-state index contributed by atoms with van der Waals surface area (Å²) in [6.07, 6.45) is 3.84. The molecule has 0 aliphatic rings. The Balaban J connectivity index is 3.26. The molecule has 104 valence electrons. The van der Waals surface area contributed by atoms with E-state index in [1.807, 2.05) is 0 Å². The van der Waals surface area contributed by atoms with Crippen molar-refractivity contribution < 1.29 is 9.47 Å². The summed E-state index contributed by atoms with van der Waals surface area (Å²) in [6.45, 7) is 14.1. The van der Waals surface area contributed by atoms with Gasteiger partial charge < -0.3 is 14.8 Å². The van der Waals surface area contributed by atoms with Crippen LogP contribution in [0, 0.1) is 0 Å². The zero-order valence-electron chi connectivity index (χ0n) is 12.3. The van der Waals surface area contributed by atoms with Crippen molar-refractivity contribution in [1.82, 2.24) is 5.32 Å². The van der Waals surface area contributed by atoms with Gasteiger partial charge in [-0.1, -0.05) is 6.92 Å². The van der Waals surface area contributed by atoms with Gasteiger partial charge >= 0.3 is 0 Å². The molecule has 17 heavy (non-hydrogen) atoms. The Bertz CT molecular complexity index is 166. The first kappa shape index (κ1) is 16.9. The van der Waals surface area contributed by atoms with Crippen molar-refractivity contribution in [3.8, 4) is 0 Å². The summed E-state index contributed by atoms with van der Waals surface area (Å²) in [7, 11) is 0. The second kappa shape index (κ2) is 9.86. The average Bonchev–Trinajstić information content (AvgIpc) is 2.23. The molecule has 0 spiro atoms. The molecule has 0 aliphatic heterocycles. The summed E-state index contributed by atoms with van der Waals surface area (Å²) in [5.41, 5.74) is -0.0589. The van der Waals surface area contributed by atoms with Gasteiger partial charge in [-0.2, -0.15) is 0 Å². The minimum absolute atomic E-state index is 0.0589. The van der Waals surface area contributed by atoms with Crippen molar-refractivity contribution in [2.24, 2.45) is 0 Å². The zero-order valence-corrected chi connectivity index (χ0v) is 12.3. The number of hydrogen-bond acceptors (Lipinski definition) is 3. The highest BCUT2D eigenvalue weighted by Crippen LogP contribution is 2.07. The Morgan fingerprint density at radius 1 is 1.12 bits per heavy atom. The molecular weight excluding hydrogens is 214 g/mol. The van der Waals surface area contributed by atoms with Gasteiger partial charge in [-0.15, -0.1) is 0 Å². The lowest BCUT2D eigenvalue weighted by Gasteiger charge is -2.20. The van der Waals surface area contributed by atoms with E-state index in [0.29, 0.717) is 19.3 Å². The van der Waals surface area contributed by atoms with Crippen LogP contribution in [0.1, 0.15) is 53.9 Å². The molecule has 0 radical (unpaired) electrons. The molecule has 0 rings (SSSR count). The van der Waals surface area contributed by atoms with Gasteiger partial charge in [0.2, 0.25) is 0 Å². The van der Waals surface area contributed by atoms with E-state index in [2.05, 4.69) is 39.9 Å². The third-order valence-corrected chi connectivity index (χ3v) is 2.41. The van der Waals surface area contributed by atoms with Crippen molar-refractivity contribution in [3.05, 3.63) is 0 Å². The van der Waals surface area contributed by atoms with E-state index in [0.717, 1.165) is 19.5 Å². The maximum absolute atomic E-state index is 5.69. The Labute approximate surface area is 107 Å². The van der Waals surface area contributed by atoms with Crippen LogP contribution in [0.3, 0.4) is 0 Å². The van der Waals surface area contributed by atoms with E-state index < -0.39 is 0 Å². The fourth-order valence-electron chi connectivity index (χ4n) is 1.50. The molecule has 1 unspecified atom stereocenters. The zero-order chi connectivity index (χ0) is 13.1. The van der Waals surface area contributed by atoms with Crippen LogP contribution in [-0.4, -0.2) is 38.0 Å². The molecule has 0 saturated carbocycles. The van der Waals surface area contributed by atoms with Crippen LogP contribution in [0.2, 0.25) is 0 Å². The van der Waals surface area contributed by atoms with Crippen molar-refractivity contribution in [2.75, 3.05) is 26.3 Å². The molecule has 0 aliphatic carbocycles. The van der Waals surface area contributed by atoms with Gasteiger partial charge in [0.05, 0.1) is 24.9 Å². The molecule has 1 atom stereocenters. The van der Waals surface area contributed by atoms with Gasteiger partial charge in [-0.3, -0.25) is 0 Å². The lowest BCUT2D eigenvalue weighted by atomic mass is 10.2. The standard InChI is InChI=1S/C14H31NO2/c1-6-9-15-10-7-8-13(2)16-11-12-17-14(3,4)5/h13,15H,6-12H2,1-5H3. The summed E-state index contributed by atoms with van der Waals surface area (Å²) in [5.74, 6) is 0. The second-order valence-corrected chi connectivity index (χ2v) is 5.53. The van der Waals surface area contributed by atoms with Gasteiger partial charge in [0.25, 0.3) is 0 Å². The third-order valence-electron chi connectivity index (χ3n) is 2.41. The van der Waals surface area contributed by atoms with Crippen LogP contribution in [0.4, 0.5) is 0 Å². The highest BCUT2D eigenvalue weighted by atomic mass is 16.5. The Morgan fingerprint density at radius 3 is 2.41 bits per heavy atom. The summed E-state index contributed by atoms with van der Waals surface area (Å²) in [6, 6.07) is 0. The van der Waals surface area contributed by atoms with Gasteiger partial charge in [0.15, 0.2) is 0 Å². The average molecular weight is 245 g/mol. The van der Waals surface area contributed by atoms with E-state index in [-0.39, 0.29) is 5.60 Å². The predicted octanol–water partition coefficient (Wildman–Crippen LogP) is 2.99. The first-order valence-electron chi connectivity index (χ1n) is 6.92. The summed E-state index contributed by atoms with van der Waals surface area (Å²) in [4.78, 5) is 0. The van der Waals surface area contributed by atoms with Crippen molar-refractivity contribution in [2.45, 2.75) is 65.6 Å². The van der Waals surface area contributed by atoms with Crippen molar-refractivity contribution in [1.29, 1.82) is 0 Å². The predicted molar refractivity (Wildman–Crippen MR) is 73.5 cm³/mol. The largest absolute Gasteiger partial charge is 0.376 e. The SMILES string of the molecule is CCCNCCCC(C)OCCOC(C)(C)C. The van der Waals surface area contributed by atoms with Crippen molar-refractivity contribution in [3.63, 3.8) is 0 Å². The van der Waals surface area contributed by atoms with E-state index in [1.165, 1.54) is 12.8 Å². The van der Waals surface area contributed by atoms with Gasteiger partial charge in [0.1, 0.15) is 0 Å². The van der Waals surface area contributed by atoms with Crippen LogP contribution >= 0.6 is 0 Å². The number of hydrogen-bond donors (Lipinski definition) is 1. The summed E-state index contributed by atoms with van der Waals surface area (Å²) < 4.78 is 11.3. The molecule has 0 amide bonds. The fourth-order valence-corrected chi connectivity index (χ4v) is 1.50. The molecule has 1 N–H and O–H groups in total. The maximum Gasteiger partial charge on any atom is 0.0707 e. The van der Waals surface area contributed by atoms with E-state index in [4.69, 9.17) is 9.47 Å². The highest BCUT2D eigenvalue weighted by molar-refractivity contribution is 4.58. The molecule has 3 heteroatoms. The van der Waals surface area contributed by atoms with E-state index in [1.54, 1.807) is 0 Å². The van der Waals surface area contributed by atoms with Crippen molar-refractivity contribution >= 4 is 0 Å². The van der Waals surface area contributed by atoms with Crippen LogP contribution in [0.25, 0.3) is 0 Å². The molecule has 0 aromatic rings. The first-order chi connectivity index (χ1) is 7.95. The fraction of sp³-hybridized carbons (Fsp3) is 1.00. The maximum atomic E-state index is 5.69. The third kappa shape index (κ3) is 13.8.